The molecule has 0 saturated carbocycles. The molecular weight excluding hydrogens is 300 g/mol. The SMILES string of the molecule is COC(CNC(=O)Nc1ccc(Br)cc1C)OC. The molecule has 0 unspecified atom stereocenters. The molecule has 0 fully saturated rings. The van der Waals surface area contributed by atoms with Gasteiger partial charge in [-0.1, -0.05) is 15.9 Å². The van der Waals surface area contributed by atoms with Crippen molar-refractivity contribution in [2.75, 3.05) is 26.1 Å². The average Bonchev–Trinajstić information content (AvgIpc) is 2.34. The third-order valence-electron chi connectivity index (χ3n) is 2.39. The topological polar surface area (TPSA) is 59.6 Å². The number of carbonyl (C=O) groups is 1. The molecule has 2 amide bonds. The summed E-state index contributed by atoms with van der Waals surface area (Å²) in [6.07, 6.45) is -0.443. The zero-order chi connectivity index (χ0) is 13.5. The van der Waals surface area contributed by atoms with Gasteiger partial charge in [0.2, 0.25) is 0 Å². The first-order valence-corrected chi connectivity index (χ1v) is 6.22. The Bertz CT molecular complexity index is 408. The molecule has 0 radical (unpaired) electrons. The Morgan fingerprint density at radius 2 is 2.06 bits per heavy atom. The van der Waals surface area contributed by atoms with Crippen LogP contribution in [0.25, 0.3) is 0 Å². The largest absolute Gasteiger partial charge is 0.354 e. The van der Waals surface area contributed by atoms with Crippen molar-refractivity contribution in [3.8, 4) is 0 Å². The molecular formula is C12H17BrN2O3. The lowest BCUT2D eigenvalue weighted by Gasteiger charge is -2.15. The van der Waals surface area contributed by atoms with Gasteiger partial charge >= 0.3 is 6.03 Å². The van der Waals surface area contributed by atoms with Crippen LogP contribution >= 0.6 is 15.9 Å². The summed E-state index contributed by atoms with van der Waals surface area (Å²) in [5.41, 5.74) is 1.75. The van der Waals surface area contributed by atoms with Gasteiger partial charge in [-0.3, -0.25) is 0 Å². The number of nitrogens with one attached hydrogen (secondary N) is 2. The number of ether oxygens (including phenoxy) is 2. The van der Waals surface area contributed by atoms with Gasteiger partial charge in [-0.05, 0) is 30.7 Å². The minimum atomic E-state index is -0.443. The van der Waals surface area contributed by atoms with Crippen LogP contribution in [-0.4, -0.2) is 33.1 Å². The minimum absolute atomic E-state index is 0.286. The Balaban J connectivity index is 2.49. The standard InChI is InChI=1S/C12H17BrN2O3/c1-8-6-9(13)4-5-10(8)15-12(16)14-7-11(17-2)18-3/h4-6,11H,7H2,1-3H3,(H2,14,15,16). The summed E-state index contributed by atoms with van der Waals surface area (Å²) in [5, 5.41) is 5.42. The lowest BCUT2D eigenvalue weighted by atomic mass is 10.2. The average molecular weight is 317 g/mol. The van der Waals surface area contributed by atoms with Gasteiger partial charge in [-0.15, -0.1) is 0 Å². The molecule has 100 valence electrons. The third-order valence-corrected chi connectivity index (χ3v) is 2.88. The molecule has 0 bridgehead atoms. The maximum Gasteiger partial charge on any atom is 0.319 e. The number of amides is 2. The Labute approximate surface area is 115 Å². The van der Waals surface area contributed by atoms with E-state index in [1.807, 2.05) is 25.1 Å². The summed E-state index contributed by atoms with van der Waals surface area (Å²) in [5.74, 6) is 0. The lowest BCUT2D eigenvalue weighted by molar-refractivity contribution is -0.0970. The maximum absolute atomic E-state index is 11.6. The van der Waals surface area contributed by atoms with E-state index >= 15 is 0 Å². The summed E-state index contributed by atoms with van der Waals surface area (Å²) in [6.45, 7) is 2.21. The van der Waals surface area contributed by atoms with Crippen molar-refractivity contribution < 1.29 is 14.3 Å². The number of carbonyl (C=O) groups excluding carboxylic acids is 1. The highest BCUT2D eigenvalue weighted by Crippen LogP contribution is 2.19. The Kier molecular flexibility index (Phi) is 6.11. The van der Waals surface area contributed by atoms with Crippen molar-refractivity contribution in [3.05, 3.63) is 28.2 Å². The van der Waals surface area contributed by atoms with Crippen LogP contribution in [-0.2, 0) is 9.47 Å². The molecule has 0 atom stereocenters. The predicted octanol–water partition coefficient (Wildman–Crippen LogP) is 2.50. The fourth-order valence-corrected chi connectivity index (χ4v) is 1.85. The number of hydrogen-bond acceptors (Lipinski definition) is 3. The van der Waals surface area contributed by atoms with E-state index in [2.05, 4.69) is 26.6 Å². The molecule has 1 aromatic rings. The van der Waals surface area contributed by atoms with Gasteiger partial charge in [0.1, 0.15) is 0 Å². The second kappa shape index (κ2) is 7.35. The van der Waals surface area contributed by atoms with E-state index in [-0.39, 0.29) is 12.6 Å². The molecule has 0 saturated heterocycles. The van der Waals surface area contributed by atoms with E-state index in [0.29, 0.717) is 0 Å². The smallest absolute Gasteiger partial charge is 0.319 e. The van der Waals surface area contributed by atoms with E-state index in [1.54, 1.807) is 0 Å². The Hall–Kier alpha value is -1.11. The number of halogens is 1. The molecule has 1 aromatic carbocycles. The number of hydrogen-bond donors (Lipinski definition) is 2. The minimum Gasteiger partial charge on any atom is -0.354 e. The number of methoxy groups -OCH3 is 2. The van der Waals surface area contributed by atoms with E-state index in [9.17, 15) is 4.79 Å². The number of benzene rings is 1. The molecule has 0 aliphatic rings. The highest BCUT2D eigenvalue weighted by atomic mass is 79.9. The third kappa shape index (κ3) is 4.64. The van der Waals surface area contributed by atoms with Crippen LogP contribution in [0.1, 0.15) is 5.56 Å². The molecule has 18 heavy (non-hydrogen) atoms. The van der Waals surface area contributed by atoms with Crippen LogP contribution in [0.2, 0.25) is 0 Å². The first kappa shape index (κ1) is 14.9. The van der Waals surface area contributed by atoms with Crippen LogP contribution < -0.4 is 10.6 Å². The van der Waals surface area contributed by atoms with Gasteiger partial charge < -0.3 is 20.1 Å². The number of rotatable bonds is 5. The van der Waals surface area contributed by atoms with E-state index in [1.165, 1.54) is 14.2 Å². The monoisotopic (exact) mass is 316 g/mol. The first-order valence-electron chi connectivity index (χ1n) is 5.43. The second-order valence-electron chi connectivity index (χ2n) is 3.70. The highest BCUT2D eigenvalue weighted by molar-refractivity contribution is 9.10. The van der Waals surface area contributed by atoms with Gasteiger partial charge in [-0.25, -0.2) is 4.79 Å². The lowest BCUT2D eigenvalue weighted by Crippen LogP contribution is -2.36. The molecule has 0 spiro atoms. The number of urea groups is 1. The molecule has 2 N–H and O–H groups in total. The van der Waals surface area contributed by atoms with E-state index in [4.69, 9.17) is 9.47 Å². The second-order valence-corrected chi connectivity index (χ2v) is 4.61. The molecule has 0 aliphatic carbocycles. The van der Waals surface area contributed by atoms with Crippen molar-refractivity contribution >= 4 is 27.6 Å². The van der Waals surface area contributed by atoms with E-state index < -0.39 is 6.29 Å². The van der Waals surface area contributed by atoms with Gasteiger partial charge in [-0.2, -0.15) is 0 Å². The van der Waals surface area contributed by atoms with Crippen LogP contribution in [0.15, 0.2) is 22.7 Å². The van der Waals surface area contributed by atoms with Crippen molar-refractivity contribution in [2.45, 2.75) is 13.2 Å². The summed E-state index contributed by atoms with van der Waals surface area (Å²) in [4.78, 5) is 11.6. The fraction of sp³-hybridized carbons (Fsp3) is 0.417. The van der Waals surface area contributed by atoms with Crippen LogP contribution in [0, 0.1) is 6.92 Å². The number of anilines is 1. The van der Waals surface area contributed by atoms with Crippen LogP contribution in [0.4, 0.5) is 10.5 Å². The highest BCUT2D eigenvalue weighted by Gasteiger charge is 2.08. The van der Waals surface area contributed by atoms with Gasteiger partial charge in [0.25, 0.3) is 0 Å². The van der Waals surface area contributed by atoms with Crippen molar-refractivity contribution in [2.24, 2.45) is 0 Å². The zero-order valence-electron chi connectivity index (χ0n) is 10.6. The molecule has 1 rings (SSSR count). The Morgan fingerprint density at radius 1 is 1.39 bits per heavy atom. The van der Waals surface area contributed by atoms with Crippen LogP contribution in [0.3, 0.4) is 0 Å². The molecule has 5 nitrogen and oxygen atoms in total. The quantitative estimate of drug-likeness (QED) is 0.820. The van der Waals surface area contributed by atoms with Crippen molar-refractivity contribution in [3.63, 3.8) is 0 Å². The normalized spacial score (nSPS) is 10.5. The molecule has 0 heterocycles. The van der Waals surface area contributed by atoms with Crippen molar-refractivity contribution in [1.82, 2.24) is 5.32 Å². The van der Waals surface area contributed by atoms with Gasteiger partial charge in [0.15, 0.2) is 6.29 Å². The molecule has 0 aliphatic heterocycles. The Morgan fingerprint density at radius 3 is 2.61 bits per heavy atom. The fourth-order valence-electron chi connectivity index (χ4n) is 1.37. The zero-order valence-corrected chi connectivity index (χ0v) is 12.2. The van der Waals surface area contributed by atoms with Crippen LogP contribution in [0.5, 0.6) is 0 Å². The summed E-state index contributed by atoms with van der Waals surface area (Å²) in [6, 6.07) is 5.35. The van der Waals surface area contributed by atoms with Gasteiger partial charge in [0, 0.05) is 24.4 Å². The summed E-state index contributed by atoms with van der Waals surface area (Å²) >= 11 is 3.37. The molecule has 6 heteroatoms. The first-order chi connectivity index (χ1) is 8.56. The summed E-state index contributed by atoms with van der Waals surface area (Å²) in [7, 11) is 3.04. The summed E-state index contributed by atoms with van der Waals surface area (Å²) < 4.78 is 10.9. The maximum atomic E-state index is 11.6. The predicted molar refractivity (Wildman–Crippen MR) is 73.7 cm³/mol. The number of aryl methyl sites for hydroxylation is 1. The molecule has 0 aromatic heterocycles. The van der Waals surface area contributed by atoms with E-state index in [0.717, 1.165) is 15.7 Å². The van der Waals surface area contributed by atoms with Crippen molar-refractivity contribution in [1.29, 1.82) is 0 Å². The van der Waals surface area contributed by atoms with Gasteiger partial charge in [0.05, 0.1) is 6.54 Å².